The highest BCUT2D eigenvalue weighted by atomic mass is 16.6. The third kappa shape index (κ3) is 4.82. The maximum Gasteiger partial charge on any atom is 0.269 e. The van der Waals surface area contributed by atoms with Gasteiger partial charge in [-0.05, 0) is 29.8 Å². The molecule has 0 unspecified atom stereocenters. The van der Waals surface area contributed by atoms with E-state index in [4.69, 9.17) is 0 Å². The van der Waals surface area contributed by atoms with Gasteiger partial charge in [0.15, 0.2) is 11.6 Å². The fraction of sp³-hybridized carbons (Fsp3) is 0.111. The molecule has 2 aromatic heterocycles. The number of amides is 1. The number of rotatable bonds is 7. The van der Waals surface area contributed by atoms with Crippen LogP contribution in [0.3, 0.4) is 0 Å². The van der Waals surface area contributed by atoms with Gasteiger partial charge in [0.1, 0.15) is 0 Å². The Labute approximate surface area is 154 Å². The summed E-state index contributed by atoms with van der Waals surface area (Å²) in [4.78, 5) is 34.7. The second kappa shape index (κ2) is 8.48. The van der Waals surface area contributed by atoms with Crippen LogP contribution in [-0.2, 0) is 11.3 Å². The summed E-state index contributed by atoms with van der Waals surface area (Å²) >= 11 is 0. The van der Waals surface area contributed by atoms with Gasteiger partial charge in [0.2, 0.25) is 5.91 Å². The number of nitrogens with one attached hydrogen (secondary N) is 1. The number of benzene rings is 1. The van der Waals surface area contributed by atoms with E-state index in [-0.39, 0.29) is 11.6 Å². The number of nitro benzene ring substituents is 1. The number of carbonyl (C=O) groups excluding carboxylic acids is 1. The quantitative estimate of drug-likeness (QED) is 0.390. The number of aromatic nitrogens is 4. The van der Waals surface area contributed by atoms with Crippen LogP contribution < -0.4 is 5.32 Å². The Bertz CT molecular complexity index is 951. The number of carbonyl (C=O) groups is 1. The first kappa shape index (κ1) is 17.9. The Kier molecular flexibility index (Phi) is 5.63. The fourth-order valence-corrected chi connectivity index (χ4v) is 2.35. The SMILES string of the molecule is O=C(C=Cc1ccc([N+](=O)[O-])cc1)NCCn1ccnc1-c1ncccn1. The number of non-ortho nitro benzene ring substituents is 1. The zero-order chi connectivity index (χ0) is 19.1. The van der Waals surface area contributed by atoms with Gasteiger partial charge in [-0.25, -0.2) is 15.0 Å². The lowest BCUT2D eigenvalue weighted by Crippen LogP contribution is -2.25. The molecule has 1 N–H and O–H groups in total. The molecule has 0 spiro atoms. The summed E-state index contributed by atoms with van der Waals surface area (Å²) in [5.41, 5.74) is 0.712. The Morgan fingerprint density at radius 1 is 1.15 bits per heavy atom. The van der Waals surface area contributed by atoms with Gasteiger partial charge in [-0.2, -0.15) is 0 Å². The van der Waals surface area contributed by atoms with E-state index in [1.54, 1.807) is 49.1 Å². The van der Waals surface area contributed by atoms with Crippen molar-refractivity contribution in [2.45, 2.75) is 6.54 Å². The van der Waals surface area contributed by atoms with Crippen molar-refractivity contribution in [3.05, 3.63) is 76.9 Å². The van der Waals surface area contributed by atoms with Gasteiger partial charge in [-0.1, -0.05) is 0 Å². The summed E-state index contributed by atoms with van der Waals surface area (Å²) in [6.45, 7) is 0.921. The minimum atomic E-state index is -0.467. The zero-order valence-corrected chi connectivity index (χ0v) is 14.2. The predicted molar refractivity (Wildman–Crippen MR) is 98.4 cm³/mol. The van der Waals surface area contributed by atoms with Crippen LogP contribution in [0.2, 0.25) is 0 Å². The minimum absolute atomic E-state index is 0.00938. The lowest BCUT2D eigenvalue weighted by Gasteiger charge is -2.07. The molecule has 1 amide bonds. The summed E-state index contributed by atoms with van der Waals surface area (Å²) in [6.07, 6.45) is 9.72. The largest absolute Gasteiger partial charge is 0.351 e. The van der Waals surface area contributed by atoms with Gasteiger partial charge in [0, 0.05) is 56.1 Å². The number of imidazole rings is 1. The van der Waals surface area contributed by atoms with Gasteiger partial charge < -0.3 is 9.88 Å². The van der Waals surface area contributed by atoms with Crippen LogP contribution in [0.5, 0.6) is 0 Å². The molecule has 136 valence electrons. The van der Waals surface area contributed by atoms with Crippen molar-refractivity contribution in [1.29, 1.82) is 0 Å². The van der Waals surface area contributed by atoms with Gasteiger partial charge >= 0.3 is 0 Å². The van der Waals surface area contributed by atoms with Crippen molar-refractivity contribution >= 4 is 17.7 Å². The highest BCUT2D eigenvalue weighted by molar-refractivity contribution is 5.91. The Morgan fingerprint density at radius 3 is 2.59 bits per heavy atom. The van der Waals surface area contributed by atoms with Crippen molar-refractivity contribution in [3.63, 3.8) is 0 Å². The smallest absolute Gasteiger partial charge is 0.269 e. The summed E-state index contributed by atoms with van der Waals surface area (Å²) in [6, 6.07) is 7.68. The van der Waals surface area contributed by atoms with Gasteiger partial charge in [-0.15, -0.1) is 0 Å². The third-order valence-corrected chi connectivity index (χ3v) is 3.66. The average molecular weight is 364 g/mol. The van der Waals surface area contributed by atoms with E-state index in [0.29, 0.717) is 30.3 Å². The molecule has 0 aliphatic rings. The first-order valence-electron chi connectivity index (χ1n) is 8.12. The third-order valence-electron chi connectivity index (χ3n) is 3.66. The molecule has 27 heavy (non-hydrogen) atoms. The molecule has 1 aromatic carbocycles. The van der Waals surface area contributed by atoms with Crippen LogP contribution in [0.15, 0.2) is 61.2 Å². The highest BCUT2D eigenvalue weighted by Crippen LogP contribution is 2.13. The molecule has 0 bridgehead atoms. The Morgan fingerprint density at radius 2 is 1.89 bits per heavy atom. The maximum atomic E-state index is 11.9. The second-order valence-electron chi connectivity index (χ2n) is 5.49. The molecular formula is C18H16N6O3. The molecule has 9 nitrogen and oxygen atoms in total. The second-order valence-corrected chi connectivity index (χ2v) is 5.49. The molecule has 0 aliphatic heterocycles. The molecule has 3 rings (SSSR count). The monoisotopic (exact) mass is 364 g/mol. The fourth-order valence-electron chi connectivity index (χ4n) is 2.35. The number of nitrogens with zero attached hydrogens (tertiary/aromatic N) is 5. The number of nitro groups is 1. The lowest BCUT2D eigenvalue weighted by atomic mass is 10.2. The van der Waals surface area contributed by atoms with Gasteiger partial charge in [0.05, 0.1) is 4.92 Å². The van der Waals surface area contributed by atoms with Crippen LogP contribution in [0.25, 0.3) is 17.7 Å². The van der Waals surface area contributed by atoms with Crippen LogP contribution in [-0.4, -0.2) is 36.9 Å². The van der Waals surface area contributed by atoms with Crippen LogP contribution >= 0.6 is 0 Å². The van der Waals surface area contributed by atoms with Crippen LogP contribution in [0.1, 0.15) is 5.56 Å². The maximum absolute atomic E-state index is 11.9. The van der Waals surface area contributed by atoms with E-state index in [1.807, 2.05) is 4.57 Å². The molecule has 0 saturated heterocycles. The van der Waals surface area contributed by atoms with Crippen molar-refractivity contribution < 1.29 is 9.72 Å². The van der Waals surface area contributed by atoms with Gasteiger partial charge in [-0.3, -0.25) is 14.9 Å². The topological polar surface area (TPSA) is 116 Å². The predicted octanol–water partition coefficient (Wildman–Crippen LogP) is 2.08. The summed E-state index contributed by atoms with van der Waals surface area (Å²) in [5.74, 6) is 0.893. The number of hydrogen-bond acceptors (Lipinski definition) is 6. The molecule has 0 aliphatic carbocycles. The van der Waals surface area contributed by atoms with Crippen LogP contribution in [0.4, 0.5) is 5.69 Å². The first-order valence-corrected chi connectivity index (χ1v) is 8.12. The van der Waals surface area contributed by atoms with Crippen molar-refractivity contribution in [2.24, 2.45) is 0 Å². The van der Waals surface area contributed by atoms with E-state index < -0.39 is 4.92 Å². The Hall–Kier alpha value is -3.88. The molecule has 2 heterocycles. The van der Waals surface area contributed by atoms with Crippen LogP contribution in [0, 0.1) is 10.1 Å². The molecule has 9 heteroatoms. The Balaban J connectivity index is 1.52. The first-order chi connectivity index (χ1) is 13.1. The molecule has 0 fully saturated rings. The minimum Gasteiger partial charge on any atom is -0.351 e. The summed E-state index contributed by atoms with van der Waals surface area (Å²) in [7, 11) is 0. The van der Waals surface area contributed by atoms with E-state index in [9.17, 15) is 14.9 Å². The summed E-state index contributed by atoms with van der Waals surface area (Å²) < 4.78 is 1.86. The van der Waals surface area contributed by atoms with Gasteiger partial charge in [0.25, 0.3) is 5.69 Å². The van der Waals surface area contributed by atoms with E-state index in [1.165, 1.54) is 18.2 Å². The highest BCUT2D eigenvalue weighted by Gasteiger charge is 2.08. The molecule has 3 aromatic rings. The molecular weight excluding hydrogens is 348 g/mol. The molecule has 0 radical (unpaired) electrons. The van der Waals surface area contributed by atoms with Crippen molar-refractivity contribution in [3.8, 4) is 11.6 Å². The van der Waals surface area contributed by atoms with E-state index >= 15 is 0 Å². The van der Waals surface area contributed by atoms with Crippen molar-refractivity contribution in [2.75, 3.05) is 6.54 Å². The average Bonchev–Trinajstić information content (AvgIpc) is 3.16. The standard InChI is InChI=1S/C18H16N6O3/c25-16(7-4-14-2-5-15(6-3-14)24(26)27)19-10-12-23-13-11-22-18(23)17-20-8-1-9-21-17/h1-9,11,13H,10,12H2,(H,19,25). The summed E-state index contributed by atoms with van der Waals surface area (Å²) in [5, 5.41) is 13.4. The normalized spacial score (nSPS) is 10.8. The lowest BCUT2D eigenvalue weighted by molar-refractivity contribution is -0.384. The number of hydrogen-bond donors (Lipinski definition) is 1. The zero-order valence-electron chi connectivity index (χ0n) is 14.2. The van der Waals surface area contributed by atoms with E-state index in [0.717, 1.165) is 0 Å². The van der Waals surface area contributed by atoms with E-state index in [2.05, 4.69) is 20.3 Å². The molecule has 0 saturated carbocycles. The van der Waals surface area contributed by atoms with Crippen molar-refractivity contribution in [1.82, 2.24) is 24.8 Å². The molecule has 0 atom stereocenters.